The molecule has 0 aromatic carbocycles. The van der Waals surface area contributed by atoms with Gasteiger partial charge in [-0.05, 0) is 6.92 Å². The lowest BCUT2D eigenvalue weighted by molar-refractivity contribution is -0.759. The van der Waals surface area contributed by atoms with Crippen molar-refractivity contribution < 1.29 is 19.0 Å². The van der Waals surface area contributed by atoms with E-state index in [1.807, 2.05) is 6.92 Å². The van der Waals surface area contributed by atoms with E-state index in [-0.39, 0.29) is 5.88 Å². The maximum Gasteiger partial charge on any atom is 0.323 e. The van der Waals surface area contributed by atoms with Crippen molar-refractivity contribution in [1.82, 2.24) is 5.27 Å². The molecule has 0 unspecified atom stereocenters. The molecule has 0 saturated carbocycles. The van der Waals surface area contributed by atoms with Crippen LogP contribution < -0.4 is 9.79 Å². The molecule has 0 aliphatic carbocycles. The lowest BCUT2D eigenvalue weighted by Crippen LogP contribution is -2.33. The summed E-state index contributed by atoms with van der Waals surface area (Å²) < 4.78 is 11.3. The molecule has 1 aromatic heterocycles. The molecule has 6 nitrogen and oxygen atoms in total. The zero-order valence-electron chi connectivity index (χ0n) is 9.35. The van der Waals surface area contributed by atoms with Crippen LogP contribution in [-0.2, 0) is 11.3 Å². The van der Waals surface area contributed by atoms with Crippen molar-refractivity contribution in [2.24, 2.45) is 4.99 Å². The van der Waals surface area contributed by atoms with Gasteiger partial charge < -0.3 is 9.84 Å². The summed E-state index contributed by atoms with van der Waals surface area (Å²) >= 11 is 0. The third-order valence-corrected chi connectivity index (χ3v) is 1.42. The number of rotatable bonds is 2. The second-order valence-corrected chi connectivity index (χ2v) is 3.99. The molecule has 1 heterocycles. The van der Waals surface area contributed by atoms with Crippen LogP contribution in [0.5, 0.6) is 0 Å². The fraction of sp³-hybridized carbons (Fsp3) is 0.667. The smallest absolute Gasteiger partial charge is 0.323 e. The Balaban J connectivity index is 2.70. The molecule has 0 radical (unpaired) electrons. The molecule has 1 rings (SSSR count). The molecule has 84 valence electrons. The predicted octanol–water partition coefficient (Wildman–Crippen LogP) is 0.145. The molecule has 0 aliphatic heterocycles. The molecule has 6 heteroatoms. The van der Waals surface area contributed by atoms with Crippen LogP contribution in [0.2, 0.25) is 0 Å². The Kier molecular flexibility index (Phi) is 3.28. The van der Waals surface area contributed by atoms with Gasteiger partial charge in [0.25, 0.3) is 6.20 Å². The van der Waals surface area contributed by atoms with E-state index in [1.54, 1.807) is 20.8 Å². The van der Waals surface area contributed by atoms with E-state index in [1.165, 1.54) is 10.9 Å². The van der Waals surface area contributed by atoms with Crippen LogP contribution in [0, 0.1) is 0 Å². The van der Waals surface area contributed by atoms with Gasteiger partial charge in [-0.15, -0.1) is 0 Å². The Morgan fingerprint density at radius 3 is 2.80 bits per heavy atom. The first-order chi connectivity index (χ1) is 6.90. The molecule has 15 heavy (non-hydrogen) atoms. The molecule has 0 N–H and O–H groups in total. The highest BCUT2D eigenvalue weighted by Gasteiger charge is 2.09. The van der Waals surface area contributed by atoms with Gasteiger partial charge in [0, 0.05) is 5.60 Å². The summed E-state index contributed by atoms with van der Waals surface area (Å²) in [6, 6.07) is 0. The summed E-state index contributed by atoms with van der Waals surface area (Å²) in [6.07, 6.45) is 0.853. The predicted molar refractivity (Wildman–Crippen MR) is 50.3 cm³/mol. The molecule has 0 aliphatic rings. The molecule has 0 saturated heterocycles. The molecule has 1 aromatic rings. The van der Waals surface area contributed by atoms with E-state index in [0.717, 1.165) is 0 Å². The number of aromatic nitrogens is 2. The van der Waals surface area contributed by atoms with Crippen molar-refractivity contribution in [1.29, 1.82) is 0 Å². The highest BCUT2D eigenvalue weighted by molar-refractivity contribution is 5.65. The van der Waals surface area contributed by atoms with E-state index < -0.39 is 11.7 Å². The SMILES string of the molecule is CC[n+]1cc(/N=C(\[O-])OC(C)(C)C)on1. The van der Waals surface area contributed by atoms with Crippen molar-refractivity contribution >= 4 is 12.0 Å². The molecule has 0 fully saturated rings. The van der Waals surface area contributed by atoms with Gasteiger partial charge in [-0.1, -0.05) is 25.5 Å². The summed E-state index contributed by atoms with van der Waals surface area (Å²) in [7, 11) is 0. The fourth-order valence-electron chi connectivity index (χ4n) is 0.842. The Hall–Kier alpha value is -1.59. The first-order valence-electron chi connectivity index (χ1n) is 4.72. The minimum Gasteiger partial charge on any atom is -0.594 e. The van der Waals surface area contributed by atoms with Crippen LogP contribution in [0.3, 0.4) is 0 Å². The number of ether oxygens (including phenoxy) is 1. The van der Waals surface area contributed by atoms with E-state index in [0.29, 0.717) is 6.54 Å². The maximum absolute atomic E-state index is 11.2. The van der Waals surface area contributed by atoms with Crippen LogP contribution in [-0.4, -0.2) is 17.0 Å². The quantitative estimate of drug-likeness (QED) is 0.398. The minimum absolute atomic E-state index is 0.145. The van der Waals surface area contributed by atoms with Crippen LogP contribution in [0.15, 0.2) is 15.7 Å². The minimum atomic E-state index is -0.679. The highest BCUT2D eigenvalue weighted by atomic mass is 16.6. The van der Waals surface area contributed by atoms with E-state index >= 15 is 0 Å². The first-order valence-corrected chi connectivity index (χ1v) is 4.72. The lowest BCUT2D eigenvalue weighted by atomic mass is 10.2. The van der Waals surface area contributed by atoms with E-state index in [9.17, 15) is 5.11 Å². The summed E-state index contributed by atoms with van der Waals surface area (Å²) in [6.45, 7) is 7.88. The van der Waals surface area contributed by atoms with Crippen LogP contribution in [0.25, 0.3) is 0 Å². The molecular formula is C9H15N3O3. The Morgan fingerprint density at radius 2 is 2.33 bits per heavy atom. The third-order valence-electron chi connectivity index (χ3n) is 1.42. The largest absolute Gasteiger partial charge is 0.594 e. The van der Waals surface area contributed by atoms with Gasteiger partial charge in [-0.25, -0.2) is 0 Å². The summed E-state index contributed by atoms with van der Waals surface area (Å²) in [5, 5.41) is 14.9. The molecule has 0 spiro atoms. The van der Waals surface area contributed by atoms with E-state index in [4.69, 9.17) is 9.26 Å². The maximum atomic E-state index is 11.2. The van der Waals surface area contributed by atoms with Crippen LogP contribution in [0.4, 0.5) is 5.88 Å². The van der Waals surface area contributed by atoms with Crippen molar-refractivity contribution in [3.05, 3.63) is 6.20 Å². The Morgan fingerprint density at radius 1 is 1.67 bits per heavy atom. The average molecular weight is 213 g/mol. The second kappa shape index (κ2) is 4.29. The molecule has 0 bridgehead atoms. The highest BCUT2D eigenvalue weighted by Crippen LogP contribution is 2.10. The van der Waals surface area contributed by atoms with Gasteiger partial charge in [-0.3, -0.25) is 4.52 Å². The summed E-state index contributed by atoms with van der Waals surface area (Å²) in [4.78, 5) is 3.60. The third kappa shape index (κ3) is 3.97. The molecular weight excluding hydrogens is 198 g/mol. The zero-order valence-corrected chi connectivity index (χ0v) is 9.35. The lowest BCUT2D eigenvalue weighted by Gasteiger charge is -2.28. The monoisotopic (exact) mass is 213 g/mol. The summed E-state index contributed by atoms with van der Waals surface area (Å²) in [5.74, 6) is 0.145. The van der Waals surface area contributed by atoms with Crippen molar-refractivity contribution in [3.8, 4) is 0 Å². The van der Waals surface area contributed by atoms with Crippen molar-refractivity contribution in [2.75, 3.05) is 0 Å². The molecule has 0 atom stereocenters. The Bertz CT molecular complexity index is 352. The van der Waals surface area contributed by atoms with Crippen LogP contribution in [0.1, 0.15) is 27.7 Å². The normalized spacial score (nSPS) is 12.9. The van der Waals surface area contributed by atoms with Gasteiger partial charge in [0.05, 0.1) is 0 Å². The van der Waals surface area contributed by atoms with Crippen molar-refractivity contribution in [2.45, 2.75) is 39.8 Å². The van der Waals surface area contributed by atoms with Gasteiger partial charge >= 0.3 is 5.88 Å². The standard InChI is InChI=1S/C9H15N3O3/c1-5-12-6-7(15-11-12)10-8(13)14-9(2,3)4/h6H,5H2,1-4H3. The van der Waals surface area contributed by atoms with Gasteiger partial charge in [-0.2, -0.15) is 4.99 Å². The number of aryl methyl sites for hydroxylation is 1. The zero-order chi connectivity index (χ0) is 11.5. The van der Waals surface area contributed by atoms with Gasteiger partial charge in [0.15, 0.2) is 12.6 Å². The van der Waals surface area contributed by atoms with Crippen LogP contribution >= 0.6 is 0 Å². The fourth-order valence-corrected chi connectivity index (χ4v) is 0.842. The summed E-state index contributed by atoms with van der Waals surface area (Å²) in [5.41, 5.74) is -0.554. The number of aliphatic imine (C=N–C) groups is 1. The Labute approximate surface area is 88.2 Å². The second-order valence-electron chi connectivity index (χ2n) is 3.99. The topological polar surface area (TPSA) is 74.6 Å². The van der Waals surface area contributed by atoms with Gasteiger partial charge in [0.2, 0.25) is 5.27 Å². The van der Waals surface area contributed by atoms with Gasteiger partial charge in [0.1, 0.15) is 0 Å². The number of hydrogen-bond acceptors (Lipinski definition) is 5. The van der Waals surface area contributed by atoms with E-state index in [2.05, 4.69) is 10.3 Å². The molecule has 0 amide bonds. The number of hydrogen-bond donors (Lipinski definition) is 0. The van der Waals surface area contributed by atoms with Crippen molar-refractivity contribution in [3.63, 3.8) is 0 Å². The average Bonchev–Trinajstić information content (AvgIpc) is 2.48. The number of nitrogens with zero attached hydrogens (tertiary/aromatic N) is 3. The first kappa shape index (κ1) is 11.5.